The number of anilines is 1. The highest BCUT2D eigenvalue weighted by molar-refractivity contribution is 5.98. The van der Waals surface area contributed by atoms with Gasteiger partial charge in [-0.05, 0) is 56.5 Å². The molecule has 2 aromatic carbocycles. The van der Waals surface area contributed by atoms with Gasteiger partial charge in [-0.15, -0.1) is 0 Å². The number of methoxy groups -OCH3 is 1. The molecule has 0 heterocycles. The summed E-state index contributed by atoms with van der Waals surface area (Å²) >= 11 is 0. The largest absolute Gasteiger partial charge is 0.480 e. The Morgan fingerprint density at radius 3 is 2.46 bits per heavy atom. The SMILES string of the molecule is CC[C@H](Oc1ccc(C)cc1C)C(=O)Nc1cccc(C(=O)OC)c1C. The molecule has 2 aromatic rings. The van der Waals surface area contributed by atoms with Crippen molar-refractivity contribution >= 4 is 17.6 Å². The minimum absolute atomic E-state index is 0.252. The number of hydrogen-bond donors (Lipinski definition) is 1. The number of hydrogen-bond acceptors (Lipinski definition) is 4. The number of rotatable bonds is 6. The van der Waals surface area contributed by atoms with E-state index in [9.17, 15) is 9.59 Å². The molecule has 0 radical (unpaired) electrons. The molecule has 0 aliphatic heterocycles. The van der Waals surface area contributed by atoms with Gasteiger partial charge in [-0.25, -0.2) is 4.79 Å². The van der Waals surface area contributed by atoms with Crippen LogP contribution >= 0.6 is 0 Å². The van der Waals surface area contributed by atoms with E-state index >= 15 is 0 Å². The number of aryl methyl sites for hydroxylation is 2. The fourth-order valence-electron chi connectivity index (χ4n) is 2.72. The summed E-state index contributed by atoms with van der Waals surface area (Å²) < 4.78 is 10.7. The normalized spacial score (nSPS) is 11.6. The van der Waals surface area contributed by atoms with Gasteiger partial charge in [0.2, 0.25) is 0 Å². The topological polar surface area (TPSA) is 64.6 Å². The fourth-order valence-corrected chi connectivity index (χ4v) is 2.72. The molecule has 0 unspecified atom stereocenters. The van der Waals surface area contributed by atoms with Crippen LogP contribution in [0.5, 0.6) is 5.75 Å². The molecule has 0 aliphatic rings. The summed E-state index contributed by atoms with van der Waals surface area (Å²) in [4.78, 5) is 24.5. The average molecular weight is 355 g/mol. The van der Waals surface area contributed by atoms with Gasteiger partial charge >= 0.3 is 5.97 Å². The first kappa shape index (κ1) is 19.5. The van der Waals surface area contributed by atoms with E-state index < -0.39 is 12.1 Å². The summed E-state index contributed by atoms with van der Waals surface area (Å²) in [6.45, 7) is 7.63. The number of ether oxygens (including phenoxy) is 2. The predicted molar refractivity (Wildman–Crippen MR) is 102 cm³/mol. The molecule has 2 rings (SSSR count). The summed E-state index contributed by atoms with van der Waals surface area (Å²) in [6, 6.07) is 11.0. The maximum absolute atomic E-state index is 12.7. The standard InChI is InChI=1S/C21H25NO4/c1-6-18(26-19-11-10-13(2)12-14(19)3)20(23)22-17-9-7-8-16(15(17)4)21(24)25-5/h7-12,18H,6H2,1-5H3,(H,22,23)/t18-/m0/s1. The van der Waals surface area contributed by atoms with Crippen LogP contribution in [0.15, 0.2) is 36.4 Å². The molecule has 0 saturated carbocycles. The van der Waals surface area contributed by atoms with E-state index in [2.05, 4.69) is 5.32 Å². The third kappa shape index (κ3) is 4.42. The van der Waals surface area contributed by atoms with Crippen LogP contribution in [0.25, 0.3) is 0 Å². The summed E-state index contributed by atoms with van der Waals surface area (Å²) in [7, 11) is 1.33. The van der Waals surface area contributed by atoms with E-state index in [1.54, 1.807) is 25.1 Å². The Morgan fingerprint density at radius 1 is 1.12 bits per heavy atom. The summed E-state index contributed by atoms with van der Waals surface area (Å²) in [6.07, 6.45) is -0.105. The van der Waals surface area contributed by atoms with Crippen LogP contribution in [0.3, 0.4) is 0 Å². The molecular weight excluding hydrogens is 330 g/mol. The number of esters is 1. The maximum Gasteiger partial charge on any atom is 0.338 e. The Balaban J connectivity index is 2.18. The van der Waals surface area contributed by atoms with Crippen LogP contribution in [0.1, 0.15) is 40.4 Å². The van der Waals surface area contributed by atoms with Crippen LogP contribution in [-0.4, -0.2) is 25.1 Å². The number of carbonyl (C=O) groups is 2. The number of carbonyl (C=O) groups excluding carboxylic acids is 2. The molecule has 1 atom stereocenters. The van der Waals surface area contributed by atoms with E-state index in [1.165, 1.54) is 7.11 Å². The first-order chi connectivity index (χ1) is 12.4. The van der Waals surface area contributed by atoms with Gasteiger partial charge in [-0.1, -0.05) is 30.7 Å². The predicted octanol–water partition coefficient (Wildman–Crippen LogP) is 4.19. The van der Waals surface area contributed by atoms with Gasteiger partial charge in [0.25, 0.3) is 5.91 Å². The number of nitrogens with one attached hydrogen (secondary N) is 1. The zero-order valence-electron chi connectivity index (χ0n) is 15.9. The molecule has 0 fully saturated rings. The van der Waals surface area contributed by atoms with Crippen LogP contribution in [0.4, 0.5) is 5.69 Å². The lowest BCUT2D eigenvalue weighted by molar-refractivity contribution is -0.122. The molecule has 1 amide bonds. The van der Waals surface area contributed by atoms with Crippen LogP contribution < -0.4 is 10.1 Å². The van der Waals surface area contributed by atoms with Crippen LogP contribution in [0.2, 0.25) is 0 Å². The number of amides is 1. The molecule has 1 N–H and O–H groups in total. The quantitative estimate of drug-likeness (QED) is 0.789. The molecule has 26 heavy (non-hydrogen) atoms. The van der Waals surface area contributed by atoms with Crippen molar-refractivity contribution in [2.24, 2.45) is 0 Å². The van der Waals surface area contributed by atoms with Crippen LogP contribution in [-0.2, 0) is 9.53 Å². The van der Waals surface area contributed by atoms with Crippen molar-refractivity contribution in [3.05, 3.63) is 58.7 Å². The van der Waals surface area contributed by atoms with Gasteiger partial charge in [0.15, 0.2) is 6.10 Å². The van der Waals surface area contributed by atoms with E-state index in [4.69, 9.17) is 9.47 Å². The van der Waals surface area contributed by atoms with Gasteiger partial charge in [0, 0.05) is 5.69 Å². The van der Waals surface area contributed by atoms with Crippen LogP contribution in [0, 0.1) is 20.8 Å². The average Bonchev–Trinajstić information content (AvgIpc) is 2.62. The van der Waals surface area contributed by atoms with Crippen molar-refractivity contribution in [1.29, 1.82) is 0 Å². The lowest BCUT2D eigenvalue weighted by Crippen LogP contribution is -2.33. The molecule has 5 heteroatoms. The highest BCUT2D eigenvalue weighted by atomic mass is 16.5. The highest BCUT2D eigenvalue weighted by Crippen LogP contribution is 2.23. The van der Waals surface area contributed by atoms with Crippen molar-refractivity contribution in [2.45, 2.75) is 40.2 Å². The molecule has 0 spiro atoms. The van der Waals surface area contributed by atoms with E-state index in [0.29, 0.717) is 29.0 Å². The zero-order chi connectivity index (χ0) is 19.3. The van der Waals surface area contributed by atoms with Gasteiger partial charge < -0.3 is 14.8 Å². The lowest BCUT2D eigenvalue weighted by atomic mass is 10.1. The second-order valence-corrected chi connectivity index (χ2v) is 6.24. The highest BCUT2D eigenvalue weighted by Gasteiger charge is 2.21. The van der Waals surface area contributed by atoms with Crippen molar-refractivity contribution in [2.75, 3.05) is 12.4 Å². The van der Waals surface area contributed by atoms with E-state index in [1.807, 2.05) is 39.0 Å². The summed E-state index contributed by atoms with van der Waals surface area (Å²) in [5.41, 5.74) is 3.78. The fraction of sp³-hybridized carbons (Fsp3) is 0.333. The monoisotopic (exact) mass is 355 g/mol. The second kappa shape index (κ2) is 8.52. The van der Waals surface area contributed by atoms with Crippen molar-refractivity contribution in [3.8, 4) is 5.75 Å². The molecule has 0 aromatic heterocycles. The minimum Gasteiger partial charge on any atom is -0.480 e. The Bertz CT molecular complexity index is 814. The van der Waals surface area contributed by atoms with Crippen molar-refractivity contribution < 1.29 is 19.1 Å². The van der Waals surface area contributed by atoms with Crippen molar-refractivity contribution in [3.63, 3.8) is 0 Å². The van der Waals surface area contributed by atoms with E-state index in [0.717, 1.165) is 11.1 Å². The number of benzene rings is 2. The van der Waals surface area contributed by atoms with E-state index in [-0.39, 0.29) is 5.91 Å². The van der Waals surface area contributed by atoms with Gasteiger partial charge in [-0.2, -0.15) is 0 Å². The first-order valence-electron chi connectivity index (χ1n) is 8.60. The molecule has 0 saturated heterocycles. The zero-order valence-corrected chi connectivity index (χ0v) is 15.9. The summed E-state index contributed by atoms with van der Waals surface area (Å²) in [5.74, 6) is 0.00685. The minimum atomic E-state index is -0.627. The Labute approximate surface area is 154 Å². The third-order valence-electron chi connectivity index (χ3n) is 4.26. The molecule has 0 bridgehead atoms. The van der Waals surface area contributed by atoms with Gasteiger partial charge in [0.05, 0.1) is 12.7 Å². The molecular formula is C21H25NO4. The van der Waals surface area contributed by atoms with Gasteiger partial charge in [-0.3, -0.25) is 4.79 Å². The maximum atomic E-state index is 12.7. The van der Waals surface area contributed by atoms with Gasteiger partial charge in [0.1, 0.15) is 5.75 Å². The first-order valence-corrected chi connectivity index (χ1v) is 8.60. The third-order valence-corrected chi connectivity index (χ3v) is 4.26. The Morgan fingerprint density at radius 2 is 1.85 bits per heavy atom. The Hall–Kier alpha value is -2.82. The summed E-state index contributed by atoms with van der Waals surface area (Å²) in [5, 5.41) is 2.86. The Kier molecular flexibility index (Phi) is 6.39. The molecule has 138 valence electrons. The molecule has 5 nitrogen and oxygen atoms in total. The molecule has 0 aliphatic carbocycles. The van der Waals surface area contributed by atoms with Crippen molar-refractivity contribution in [1.82, 2.24) is 0 Å². The smallest absolute Gasteiger partial charge is 0.338 e. The lowest BCUT2D eigenvalue weighted by Gasteiger charge is -2.20. The second-order valence-electron chi connectivity index (χ2n) is 6.24.